The normalized spacial score (nSPS) is 21.4. The van der Waals surface area contributed by atoms with Gasteiger partial charge in [0.25, 0.3) is 0 Å². The Morgan fingerprint density at radius 3 is 2.50 bits per heavy atom. The summed E-state index contributed by atoms with van der Waals surface area (Å²) in [6, 6.07) is 8.95. The summed E-state index contributed by atoms with van der Waals surface area (Å²) in [7, 11) is 0. The highest BCUT2D eigenvalue weighted by molar-refractivity contribution is 5.28. The van der Waals surface area contributed by atoms with Gasteiger partial charge in [0.15, 0.2) is 0 Å². The van der Waals surface area contributed by atoms with Crippen LogP contribution in [0.25, 0.3) is 0 Å². The monoisotopic (exact) mass is 389 g/mol. The van der Waals surface area contributed by atoms with Crippen molar-refractivity contribution >= 4 is 0 Å². The first-order chi connectivity index (χ1) is 13.7. The summed E-state index contributed by atoms with van der Waals surface area (Å²) in [5.41, 5.74) is 1.26. The molecule has 1 aliphatic carbocycles. The Morgan fingerprint density at radius 1 is 1.07 bits per heavy atom. The molecule has 2 fully saturated rings. The summed E-state index contributed by atoms with van der Waals surface area (Å²) in [5, 5.41) is 14.1. The van der Waals surface area contributed by atoms with Crippen LogP contribution in [0.2, 0.25) is 0 Å². The maximum Gasteiger partial charge on any atom is 0.119 e. The lowest BCUT2D eigenvalue weighted by atomic mass is 10.1. The third-order valence-electron chi connectivity index (χ3n) is 6.17. The fourth-order valence-electron chi connectivity index (χ4n) is 4.32. The number of nitrogens with one attached hydrogen (secondary N) is 1. The molecule has 0 aromatic heterocycles. The van der Waals surface area contributed by atoms with Gasteiger partial charge < -0.3 is 20.1 Å². The number of nitrogens with zero attached hydrogens (tertiary/aromatic N) is 2. The van der Waals surface area contributed by atoms with Crippen molar-refractivity contribution in [3.63, 3.8) is 0 Å². The zero-order valence-electron chi connectivity index (χ0n) is 17.6. The van der Waals surface area contributed by atoms with Crippen LogP contribution in [-0.4, -0.2) is 72.9 Å². The minimum Gasteiger partial charge on any atom is -0.491 e. The molecule has 5 nitrogen and oxygen atoms in total. The molecule has 2 aliphatic rings. The van der Waals surface area contributed by atoms with E-state index in [0.29, 0.717) is 19.2 Å². The molecule has 28 heavy (non-hydrogen) atoms. The molecule has 2 N–H and O–H groups in total. The summed E-state index contributed by atoms with van der Waals surface area (Å²) in [6.45, 7) is 9.53. The fraction of sp³-hybridized carbons (Fsp3) is 0.739. The number of aliphatic hydroxyl groups excluding tert-OH is 1. The number of piperazine rings is 1. The Bertz CT molecular complexity index is 553. The number of benzene rings is 1. The van der Waals surface area contributed by atoms with E-state index < -0.39 is 6.10 Å². The fourth-order valence-corrected chi connectivity index (χ4v) is 4.32. The lowest BCUT2D eigenvalue weighted by Gasteiger charge is -2.34. The number of hydrogen-bond acceptors (Lipinski definition) is 5. The Hall–Kier alpha value is -1.14. The zero-order valence-corrected chi connectivity index (χ0v) is 17.6. The molecule has 3 rings (SSSR count). The lowest BCUT2D eigenvalue weighted by Crippen LogP contribution is -2.49. The molecule has 1 saturated heterocycles. The smallest absolute Gasteiger partial charge is 0.119 e. The van der Waals surface area contributed by atoms with Crippen LogP contribution < -0.4 is 10.1 Å². The highest BCUT2D eigenvalue weighted by Crippen LogP contribution is 2.19. The summed E-state index contributed by atoms with van der Waals surface area (Å²) in [4.78, 5) is 4.79. The molecular weight excluding hydrogens is 350 g/mol. The molecular formula is C23H39N3O2. The molecule has 1 heterocycles. The van der Waals surface area contributed by atoms with Crippen LogP contribution in [0.15, 0.2) is 24.3 Å². The zero-order chi connectivity index (χ0) is 19.6. The van der Waals surface area contributed by atoms with Crippen LogP contribution in [0.5, 0.6) is 5.75 Å². The number of rotatable bonds is 9. The quantitative estimate of drug-likeness (QED) is 0.636. The molecule has 158 valence electrons. The van der Waals surface area contributed by atoms with E-state index in [9.17, 15) is 5.11 Å². The Labute approximate surface area is 171 Å². The van der Waals surface area contributed by atoms with Gasteiger partial charge in [-0.05, 0) is 37.1 Å². The van der Waals surface area contributed by atoms with E-state index in [1.165, 1.54) is 44.1 Å². The largest absolute Gasteiger partial charge is 0.491 e. The standard InChI is InChI=1S/C23H39N3O2/c1-2-25-12-14-26(15-13-25)18-22(27)19-28-23-11-7-8-20(16-23)17-24-21-9-5-3-4-6-10-21/h7-8,11,16,21-22,24,27H,2-6,9-10,12-15,17-19H2,1H3/t22-/m1/s1. The molecule has 1 saturated carbocycles. The number of β-amino-alcohol motifs (C(OH)–C–C–N with tert-alkyl or cyclic N) is 1. The van der Waals surface area contributed by atoms with Crippen molar-refractivity contribution in [2.45, 2.75) is 64.1 Å². The van der Waals surface area contributed by atoms with Crippen LogP contribution in [0.3, 0.4) is 0 Å². The van der Waals surface area contributed by atoms with E-state index >= 15 is 0 Å². The van der Waals surface area contributed by atoms with Crippen molar-refractivity contribution in [2.75, 3.05) is 45.9 Å². The molecule has 1 aromatic rings. The molecule has 0 bridgehead atoms. The van der Waals surface area contributed by atoms with Crippen LogP contribution in [-0.2, 0) is 6.54 Å². The molecule has 0 unspecified atom stereocenters. The topological polar surface area (TPSA) is 48.0 Å². The average molecular weight is 390 g/mol. The second-order valence-corrected chi connectivity index (χ2v) is 8.42. The number of aliphatic hydroxyl groups is 1. The van der Waals surface area contributed by atoms with Gasteiger partial charge in [-0.2, -0.15) is 0 Å². The van der Waals surface area contributed by atoms with Gasteiger partial charge >= 0.3 is 0 Å². The Balaban J connectivity index is 1.37. The minimum absolute atomic E-state index is 0.355. The van der Waals surface area contributed by atoms with Crippen LogP contribution in [0.4, 0.5) is 0 Å². The van der Waals surface area contributed by atoms with Gasteiger partial charge in [0.05, 0.1) is 0 Å². The molecule has 1 aromatic carbocycles. The Morgan fingerprint density at radius 2 is 1.79 bits per heavy atom. The second kappa shape index (κ2) is 11.8. The average Bonchev–Trinajstić information content (AvgIpc) is 3.00. The maximum atomic E-state index is 10.4. The maximum absolute atomic E-state index is 10.4. The molecule has 1 aliphatic heterocycles. The third kappa shape index (κ3) is 7.36. The first kappa shape index (κ1) is 21.6. The van der Waals surface area contributed by atoms with Crippen molar-refractivity contribution in [1.82, 2.24) is 15.1 Å². The SMILES string of the molecule is CCN1CCN(C[C@@H](O)COc2cccc(CNC3CCCCCC3)c2)CC1. The summed E-state index contributed by atoms with van der Waals surface area (Å²) < 4.78 is 5.89. The van der Waals surface area contributed by atoms with E-state index in [-0.39, 0.29) is 0 Å². The van der Waals surface area contributed by atoms with Crippen LogP contribution in [0, 0.1) is 0 Å². The van der Waals surface area contributed by atoms with Crippen molar-refractivity contribution in [3.8, 4) is 5.75 Å². The highest BCUT2D eigenvalue weighted by atomic mass is 16.5. The van der Waals surface area contributed by atoms with E-state index in [4.69, 9.17) is 4.74 Å². The number of hydrogen-bond donors (Lipinski definition) is 2. The van der Waals surface area contributed by atoms with Gasteiger partial charge in [-0.25, -0.2) is 0 Å². The Kier molecular flexibility index (Phi) is 9.06. The second-order valence-electron chi connectivity index (χ2n) is 8.42. The number of ether oxygens (including phenoxy) is 1. The van der Waals surface area contributed by atoms with Gasteiger partial charge in [-0.15, -0.1) is 0 Å². The summed E-state index contributed by atoms with van der Waals surface area (Å²) in [5.74, 6) is 0.856. The molecule has 5 heteroatoms. The molecule has 1 atom stereocenters. The minimum atomic E-state index is -0.444. The van der Waals surface area contributed by atoms with Crippen molar-refractivity contribution in [3.05, 3.63) is 29.8 Å². The highest BCUT2D eigenvalue weighted by Gasteiger charge is 2.18. The predicted molar refractivity (Wildman–Crippen MR) is 115 cm³/mol. The lowest BCUT2D eigenvalue weighted by molar-refractivity contribution is 0.0471. The summed E-state index contributed by atoms with van der Waals surface area (Å²) >= 11 is 0. The van der Waals surface area contributed by atoms with E-state index in [0.717, 1.165) is 45.0 Å². The van der Waals surface area contributed by atoms with Gasteiger partial charge in [-0.1, -0.05) is 44.7 Å². The molecule has 0 spiro atoms. The van der Waals surface area contributed by atoms with E-state index in [1.54, 1.807) is 0 Å². The van der Waals surface area contributed by atoms with E-state index in [1.807, 2.05) is 6.07 Å². The van der Waals surface area contributed by atoms with Crippen LogP contribution in [0.1, 0.15) is 51.0 Å². The molecule has 0 radical (unpaired) electrons. The van der Waals surface area contributed by atoms with Gasteiger partial charge in [0.2, 0.25) is 0 Å². The van der Waals surface area contributed by atoms with Crippen molar-refractivity contribution in [2.24, 2.45) is 0 Å². The van der Waals surface area contributed by atoms with Gasteiger partial charge in [-0.3, -0.25) is 4.90 Å². The number of likely N-dealkylation sites (N-methyl/N-ethyl adjacent to an activating group) is 1. The van der Waals surface area contributed by atoms with Crippen molar-refractivity contribution in [1.29, 1.82) is 0 Å². The van der Waals surface area contributed by atoms with Crippen molar-refractivity contribution < 1.29 is 9.84 Å². The summed E-state index contributed by atoms with van der Waals surface area (Å²) in [6.07, 6.45) is 7.64. The van der Waals surface area contributed by atoms with Gasteiger partial charge in [0, 0.05) is 45.3 Å². The first-order valence-electron chi connectivity index (χ1n) is 11.3. The molecule has 0 amide bonds. The predicted octanol–water partition coefficient (Wildman–Crippen LogP) is 2.88. The third-order valence-corrected chi connectivity index (χ3v) is 6.17. The first-order valence-corrected chi connectivity index (χ1v) is 11.3. The van der Waals surface area contributed by atoms with E-state index in [2.05, 4.69) is 40.2 Å². The van der Waals surface area contributed by atoms with Crippen LogP contribution >= 0.6 is 0 Å². The van der Waals surface area contributed by atoms with Gasteiger partial charge in [0.1, 0.15) is 18.5 Å².